The summed E-state index contributed by atoms with van der Waals surface area (Å²) in [5.41, 5.74) is 4.96. The molecule has 0 aliphatic carbocycles. The van der Waals surface area contributed by atoms with Gasteiger partial charge in [0.25, 0.3) is 0 Å². The van der Waals surface area contributed by atoms with Gasteiger partial charge in [-0.1, -0.05) is 0 Å². The molecule has 0 saturated carbocycles. The Labute approximate surface area is 82.4 Å². The summed E-state index contributed by atoms with van der Waals surface area (Å²) in [4.78, 5) is 16.7. The first-order valence-electron chi connectivity index (χ1n) is 1.96. The fourth-order valence-corrected chi connectivity index (χ4v) is 0.738. The SMILES string of the molecule is NCCOP(O)(O)=S.[H-].[Na+]. The van der Waals surface area contributed by atoms with Crippen LogP contribution in [0.1, 0.15) is 1.43 Å². The maximum absolute atomic E-state index is 8.35. The largest absolute Gasteiger partial charge is 1.00 e. The van der Waals surface area contributed by atoms with Crippen molar-refractivity contribution in [3.8, 4) is 0 Å². The summed E-state index contributed by atoms with van der Waals surface area (Å²) >= 11 is 4.09. The van der Waals surface area contributed by atoms with E-state index in [1.165, 1.54) is 0 Å². The molecule has 9 heavy (non-hydrogen) atoms. The molecule has 0 aliphatic heterocycles. The smallest absolute Gasteiger partial charge is 1.00 e. The van der Waals surface area contributed by atoms with E-state index in [4.69, 9.17) is 15.5 Å². The van der Waals surface area contributed by atoms with E-state index in [-0.39, 0.29) is 44.1 Å². The Bertz CT molecular complexity index is 111. The Morgan fingerprint density at radius 2 is 2.11 bits per heavy atom. The fourth-order valence-electron chi connectivity index (χ4n) is 0.172. The molecular weight excluding hydrogens is 172 g/mol. The second-order valence-electron chi connectivity index (χ2n) is 1.11. The van der Waals surface area contributed by atoms with Crippen LogP contribution in [-0.2, 0) is 16.3 Å². The summed E-state index contributed by atoms with van der Waals surface area (Å²) in [6, 6.07) is 0. The number of nitrogens with two attached hydrogens (primary N) is 1. The first kappa shape index (κ1) is 13.1. The molecule has 4 N–H and O–H groups in total. The predicted molar refractivity (Wildman–Crippen MR) is 34.8 cm³/mol. The number of hydrogen-bond donors (Lipinski definition) is 3. The summed E-state index contributed by atoms with van der Waals surface area (Å²) < 4.78 is 4.29. The minimum absolute atomic E-state index is 0. The van der Waals surface area contributed by atoms with Crippen LogP contribution >= 0.6 is 6.72 Å². The molecular formula is C2H9NNaO3PS. The maximum Gasteiger partial charge on any atom is 1.00 e. The normalized spacial score (nSPS) is 10.6. The van der Waals surface area contributed by atoms with Gasteiger partial charge in [-0.25, -0.2) is 0 Å². The van der Waals surface area contributed by atoms with Gasteiger partial charge in [-0.2, -0.15) is 0 Å². The molecule has 0 aliphatic rings. The minimum atomic E-state index is -3.43. The second kappa shape index (κ2) is 6.22. The Balaban J connectivity index is -0.000000245. The van der Waals surface area contributed by atoms with Crippen molar-refractivity contribution in [2.75, 3.05) is 13.2 Å². The average Bonchev–Trinajstić information content (AvgIpc) is 1.59. The van der Waals surface area contributed by atoms with E-state index in [1.807, 2.05) is 0 Å². The Hall–Kier alpha value is 1.49. The van der Waals surface area contributed by atoms with Gasteiger partial charge in [0.05, 0.1) is 6.61 Å². The zero-order valence-electron chi connectivity index (χ0n) is 6.15. The molecule has 0 rings (SSSR count). The number of hydrogen-bond acceptors (Lipinski definition) is 3. The van der Waals surface area contributed by atoms with Gasteiger partial charge in [0.1, 0.15) is 0 Å². The van der Waals surface area contributed by atoms with Crippen molar-refractivity contribution >= 4 is 18.5 Å². The maximum atomic E-state index is 8.35. The zero-order chi connectivity index (χ0) is 6.62. The third kappa shape index (κ3) is 12.6. The van der Waals surface area contributed by atoms with Gasteiger partial charge in [-0.15, -0.1) is 0 Å². The van der Waals surface area contributed by atoms with Crippen molar-refractivity contribution in [1.82, 2.24) is 0 Å². The van der Waals surface area contributed by atoms with Gasteiger partial charge in [0.15, 0.2) is 0 Å². The monoisotopic (exact) mass is 181 g/mol. The number of rotatable bonds is 3. The summed E-state index contributed by atoms with van der Waals surface area (Å²) in [6.07, 6.45) is 0. The van der Waals surface area contributed by atoms with Crippen molar-refractivity contribution in [1.29, 1.82) is 0 Å². The molecule has 0 bridgehead atoms. The first-order valence-corrected chi connectivity index (χ1v) is 4.59. The summed E-state index contributed by atoms with van der Waals surface area (Å²) in [6.45, 7) is -3.08. The van der Waals surface area contributed by atoms with Crippen LogP contribution in [0.3, 0.4) is 0 Å². The minimum Gasteiger partial charge on any atom is -1.00 e. The fraction of sp³-hybridized carbons (Fsp3) is 1.00. The molecule has 0 atom stereocenters. The molecule has 0 aromatic heterocycles. The molecule has 7 heteroatoms. The molecule has 0 spiro atoms. The predicted octanol–water partition coefficient (Wildman–Crippen LogP) is -3.71. The van der Waals surface area contributed by atoms with Crippen LogP contribution in [0.25, 0.3) is 0 Å². The van der Waals surface area contributed by atoms with Crippen molar-refractivity contribution in [3.63, 3.8) is 0 Å². The topological polar surface area (TPSA) is 75.7 Å². The molecule has 0 aromatic carbocycles. The van der Waals surface area contributed by atoms with Crippen molar-refractivity contribution in [2.24, 2.45) is 5.73 Å². The van der Waals surface area contributed by atoms with E-state index in [1.54, 1.807) is 0 Å². The van der Waals surface area contributed by atoms with E-state index >= 15 is 0 Å². The van der Waals surface area contributed by atoms with Crippen LogP contribution in [0, 0.1) is 0 Å². The van der Waals surface area contributed by atoms with Gasteiger partial charge < -0.3 is 21.5 Å². The second-order valence-corrected chi connectivity index (χ2v) is 3.78. The molecule has 4 nitrogen and oxygen atoms in total. The summed E-state index contributed by atoms with van der Waals surface area (Å²) in [5.74, 6) is 0. The first-order chi connectivity index (χ1) is 3.56. The van der Waals surface area contributed by atoms with E-state index < -0.39 is 6.72 Å². The molecule has 0 saturated heterocycles. The van der Waals surface area contributed by atoms with Gasteiger partial charge in [0.2, 0.25) is 0 Å². The van der Waals surface area contributed by atoms with Gasteiger partial charge in [0, 0.05) is 6.54 Å². The van der Waals surface area contributed by atoms with Crippen molar-refractivity contribution < 1.29 is 45.3 Å². The molecule has 0 heterocycles. The third-order valence-electron chi connectivity index (χ3n) is 0.377. The quantitative estimate of drug-likeness (QED) is 0.308. The van der Waals surface area contributed by atoms with Gasteiger partial charge in [-0.3, -0.25) is 0 Å². The summed E-state index contributed by atoms with van der Waals surface area (Å²) in [5, 5.41) is 0. The van der Waals surface area contributed by atoms with Gasteiger partial charge in [-0.05, 0) is 11.8 Å². The molecule has 0 unspecified atom stereocenters. The standard InChI is InChI=1S/C2H8NO3PS.Na.H/c3-1-2-6-7(4,5)8;;/h1-3H2,(H2,4,5,8);;/q;+1;-1. The van der Waals surface area contributed by atoms with E-state index in [0.29, 0.717) is 0 Å². The Kier molecular flexibility index (Phi) is 9.05. The summed E-state index contributed by atoms with van der Waals surface area (Å²) in [7, 11) is 0. The Morgan fingerprint density at radius 1 is 1.67 bits per heavy atom. The van der Waals surface area contributed by atoms with Crippen LogP contribution in [0.2, 0.25) is 0 Å². The van der Waals surface area contributed by atoms with E-state index in [2.05, 4.69) is 16.3 Å². The zero-order valence-corrected chi connectivity index (χ0v) is 8.86. The Morgan fingerprint density at radius 3 is 2.22 bits per heavy atom. The van der Waals surface area contributed by atoms with Crippen LogP contribution in [0.4, 0.5) is 0 Å². The molecule has 0 radical (unpaired) electrons. The van der Waals surface area contributed by atoms with Crippen molar-refractivity contribution in [2.45, 2.75) is 0 Å². The molecule has 0 aromatic rings. The van der Waals surface area contributed by atoms with Gasteiger partial charge >= 0.3 is 36.3 Å². The average molecular weight is 181 g/mol. The van der Waals surface area contributed by atoms with Crippen LogP contribution in [0.15, 0.2) is 0 Å². The molecule has 0 fully saturated rings. The van der Waals surface area contributed by atoms with Crippen LogP contribution in [0.5, 0.6) is 0 Å². The molecule has 0 amide bonds. The van der Waals surface area contributed by atoms with Crippen LogP contribution in [-0.4, -0.2) is 22.9 Å². The van der Waals surface area contributed by atoms with Crippen molar-refractivity contribution in [3.05, 3.63) is 0 Å². The third-order valence-corrected chi connectivity index (χ3v) is 1.21. The molecule has 52 valence electrons. The van der Waals surface area contributed by atoms with E-state index in [0.717, 1.165) is 0 Å². The van der Waals surface area contributed by atoms with Crippen LogP contribution < -0.4 is 35.3 Å². The van der Waals surface area contributed by atoms with E-state index in [9.17, 15) is 0 Å².